The first-order valence-electron chi connectivity index (χ1n) is 6.53. The molecular formula is C15H24O. The highest BCUT2D eigenvalue weighted by Gasteiger charge is 2.37. The van der Waals surface area contributed by atoms with Gasteiger partial charge in [-0.15, -0.1) is 0 Å². The standard InChI is InChI=1S/C15H24O/c1-9(2)12-6-5-10(3)13-8-15(16)11(4)7-14(12)13/h7,10,13-16H,5-6,8H2,1-4H3/t10-,13+,14-,15+/m0/s1. The summed E-state index contributed by atoms with van der Waals surface area (Å²) in [4.78, 5) is 0. The Hall–Kier alpha value is -0.560. The first-order valence-corrected chi connectivity index (χ1v) is 6.53. The molecule has 0 aromatic carbocycles. The monoisotopic (exact) mass is 220 g/mol. The van der Waals surface area contributed by atoms with Gasteiger partial charge >= 0.3 is 0 Å². The molecule has 4 atom stereocenters. The Kier molecular flexibility index (Phi) is 3.25. The van der Waals surface area contributed by atoms with Crippen LogP contribution in [0.25, 0.3) is 0 Å². The van der Waals surface area contributed by atoms with E-state index in [4.69, 9.17) is 0 Å². The lowest BCUT2D eigenvalue weighted by molar-refractivity contribution is 0.113. The van der Waals surface area contributed by atoms with Gasteiger partial charge < -0.3 is 5.11 Å². The first-order chi connectivity index (χ1) is 7.50. The van der Waals surface area contributed by atoms with Gasteiger partial charge in [-0.25, -0.2) is 0 Å². The lowest BCUT2D eigenvalue weighted by Gasteiger charge is -2.42. The highest BCUT2D eigenvalue weighted by atomic mass is 16.3. The Bertz CT molecular complexity index is 333. The molecule has 2 rings (SSSR count). The summed E-state index contributed by atoms with van der Waals surface area (Å²) < 4.78 is 0. The Morgan fingerprint density at radius 1 is 1.38 bits per heavy atom. The summed E-state index contributed by atoms with van der Waals surface area (Å²) in [5, 5.41) is 9.97. The second-order valence-corrected chi connectivity index (χ2v) is 5.89. The summed E-state index contributed by atoms with van der Waals surface area (Å²) in [7, 11) is 0. The number of hydrogen-bond acceptors (Lipinski definition) is 1. The zero-order valence-electron chi connectivity index (χ0n) is 11.0. The molecule has 1 nitrogen and oxygen atoms in total. The summed E-state index contributed by atoms with van der Waals surface area (Å²) in [5.74, 6) is 2.03. The van der Waals surface area contributed by atoms with Crippen molar-refractivity contribution in [1.82, 2.24) is 0 Å². The third-order valence-electron chi connectivity index (χ3n) is 4.57. The third kappa shape index (κ3) is 1.98. The van der Waals surface area contributed by atoms with E-state index in [1.807, 2.05) is 0 Å². The van der Waals surface area contributed by atoms with Gasteiger partial charge in [-0.1, -0.05) is 24.1 Å². The fourth-order valence-corrected chi connectivity index (χ4v) is 3.40. The van der Waals surface area contributed by atoms with Crippen molar-refractivity contribution in [2.45, 2.75) is 53.1 Å². The van der Waals surface area contributed by atoms with E-state index in [1.54, 1.807) is 5.57 Å². The van der Waals surface area contributed by atoms with E-state index in [1.165, 1.54) is 24.0 Å². The summed E-state index contributed by atoms with van der Waals surface area (Å²) in [5.41, 5.74) is 4.30. The summed E-state index contributed by atoms with van der Waals surface area (Å²) in [6.07, 6.45) is 5.65. The van der Waals surface area contributed by atoms with Crippen LogP contribution in [0.4, 0.5) is 0 Å². The van der Waals surface area contributed by atoms with Crippen LogP contribution in [0, 0.1) is 17.8 Å². The maximum absolute atomic E-state index is 9.97. The summed E-state index contributed by atoms with van der Waals surface area (Å²) in [6.45, 7) is 8.89. The molecule has 0 aromatic heterocycles. The quantitative estimate of drug-likeness (QED) is 0.617. The van der Waals surface area contributed by atoms with Crippen molar-refractivity contribution < 1.29 is 5.11 Å². The van der Waals surface area contributed by atoms with Gasteiger partial charge in [0.25, 0.3) is 0 Å². The summed E-state index contributed by atoms with van der Waals surface area (Å²) in [6, 6.07) is 0. The smallest absolute Gasteiger partial charge is 0.0750 e. The molecule has 0 unspecified atom stereocenters. The minimum absolute atomic E-state index is 0.194. The van der Waals surface area contributed by atoms with E-state index in [9.17, 15) is 5.11 Å². The van der Waals surface area contributed by atoms with Crippen LogP contribution >= 0.6 is 0 Å². The molecule has 0 aliphatic heterocycles. The predicted octanol–water partition coefficient (Wildman–Crippen LogP) is 3.70. The number of aliphatic hydroxyl groups excluding tert-OH is 1. The lowest BCUT2D eigenvalue weighted by Crippen LogP contribution is -2.35. The van der Waals surface area contributed by atoms with Crippen molar-refractivity contribution in [2.75, 3.05) is 0 Å². The molecule has 2 aliphatic rings. The minimum Gasteiger partial charge on any atom is -0.389 e. The van der Waals surface area contributed by atoms with Crippen LogP contribution < -0.4 is 0 Å². The van der Waals surface area contributed by atoms with Gasteiger partial charge in [-0.2, -0.15) is 0 Å². The Balaban J connectivity index is 2.36. The van der Waals surface area contributed by atoms with E-state index in [2.05, 4.69) is 33.8 Å². The largest absolute Gasteiger partial charge is 0.389 e. The van der Waals surface area contributed by atoms with Crippen molar-refractivity contribution in [3.63, 3.8) is 0 Å². The first kappa shape index (κ1) is 11.9. The van der Waals surface area contributed by atoms with E-state index in [0.717, 1.165) is 12.3 Å². The van der Waals surface area contributed by atoms with Crippen molar-refractivity contribution in [3.05, 3.63) is 22.8 Å². The van der Waals surface area contributed by atoms with Crippen LogP contribution in [0.2, 0.25) is 0 Å². The average molecular weight is 220 g/mol. The van der Waals surface area contributed by atoms with Crippen molar-refractivity contribution >= 4 is 0 Å². The number of allylic oxidation sites excluding steroid dienone is 3. The van der Waals surface area contributed by atoms with Gasteiger partial charge in [0.1, 0.15) is 0 Å². The molecule has 0 aromatic rings. The number of fused-ring (bicyclic) bond motifs is 1. The molecule has 0 heterocycles. The zero-order chi connectivity index (χ0) is 11.9. The van der Waals surface area contributed by atoms with Gasteiger partial charge in [0.15, 0.2) is 0 Å². The highest BCUT2D eigenvalue weighted by Crippen LogP contribution is 2.46. The van der Waals surface area contributed by atoms with Crippen LogP contribution in [0.1, 0.15) is 47.0 Å². The molecule has 1 fully saturated rings. The number of hydrogen-bond donors (Lipinski definition) is 1. The predicted molar refractivity (Wildman–Crippen MR) is 68.1 cm³/mol. The second kappa shape index (κ2) is 4.37. The van der Waals surface area contributed by atoms with E-state index >= 15 is 0 Å². The topological polar surface area (TPSA) is 20.2 Å². The van der Waals surface area contributed by atoms with Crippen LogP contribution in [0.3, 0.4) is 0 Å². The molecule has 2 aliphatic carbocycles. The third-order valence-corrected chi connectivity index (χ3v) is 4.57. The second-order valence-electron chi connectivity index (χ2n) is 5.89. The molecule has 16 heavy (non-hydrogen) atoms. The van der Waals surface area contributed by atoms with E-state index in [0.29, 0.717) is 11.8 Å². The molecule has 0 radical (unpaired) electrons. The normalized spacial score (nSPS) is 39.1. The van der Waals surface area contributed by atoms with Gasteiger partial charge in [0, 0.05) is 5.92 Å². The number of rotatable bonds is 0. The van der Waals surface area contributed by atoms with Crippen molar-refractivity contribution in [3.8, 4) is 0 Å². The van der Waals surface area contributed by atoms with Crippen LogP contribution in [-0.2, 0) is 0 Å². The Morgan fingerprint density at radius 2 is 2.06 bits per heavy atom. The van der Waals surface area contributed by atoms with E-state index in [-0.39, 0.29) is 6.10 Å². The molecule has 0 spiro atoms. The van der Waals surface area contributed by atoms with Crippen LogP contribution in [-0.4, -0.2) is 11.2 Å². The Morgan fingerprint density at radius 3 is 2.69 bits per heavy atom. The minimum atomic E-state index is -0.194. The lowest BCUT2D eigenvalue weighted by atomic mass is 9.64. The molecule has 90 valence electrons. The number of aliphatic hydroxyl groups is 1. The summed E-state index contributed by atoms with van der Waals surface area (Å²) >= 11 is 0. The molecule has 1 heteroatoms. The zero-order valence-corrected chi connectivity index (χ0v) is 11.0. The average Bonchev–Trinajstić information content (AvgIpc) is 2.21. The van der Waals surface area contributed by atoms with Crippen LogP contribution in [0.5, 0.6) is 0 Å². The van der Waals surface area contributed by atoms with Gasteiger partial charge in [0.2, 0.25) is 0 Å². The Labute approximate surface area is 99.3 Å². The molecule has 0 bridgehead atoms. The maximum Gasteiger partial charge on any atom is 0.0750 e. The fraction of sp³-hybridized carbons (Fsp3) is 0.733. The molecule has 1 N–H and O–H groups in total. The van der Waals surface area contributed by atoms with Crippen LogP contribution in [0.15, 0.2) is 22.8 Å². The highest BCUT2D eigenvalue weighted by molar-refractivity contribution is 5.27. The van der Waals surface area contributed by atoms with Crippen molar-refractivity contribution in [1.29, 1.82) is 0 Å². The SMILES string of the molecule is CC1=C[C@H]2C(=C(C)C)CC[C@H](C)[C@H]2C[C@H]1O. The molecule has 0 amide bonds. The molecular weight excluding hydrogens is 196 g/mol. The van der Waals surface area contributed by atoms with Gasteiger partial charge in [-0.05, 0) is 57.4 Å². The van der Waals surface area contributed by atoms with Crippen molar-refractivity contribution in [2.24, 2.45) is 17.8 Å². The fourth-order valence-electron chi connectivity index (χ4n) is 3.40. The maximum atomic E-state index is 9.97. The van der Waals surface area contributed by atoms with Gasteiger partial charge in [0.05, 0.1) is 6.10 Å². The molecule has 0 saturated heterocycles. The van der Waals surface area contributed by atoms with Gasteiger partial charge in [-0.3, -0.25) is 0 Å². The molecule has 1 saturated carbocycles. The van der Waals surface area contributed by atoms with E-state index < -0.39 is 0 Å².